The van der Waals surface area contributed by atoms with Gasteiger partial charge in [0.15, 0.2) is 5.58 Å². The molecule has 0 fully saturated rings. The molecular weight excluding hydrogens is 396 g/mol. The zero-order valence-corrected chi connectivity index (χ0v) is 18.1. The summed E-state index contributed by atoms with van der Waals surface area (Å²) in [6.07, 6.45) is 0.844. The van der Waals surface area contributed by atoms with Gasteiger partial charge in [-0.15, -0.1) is 0 Å². The van der Waals surface area contributed by atoms with Gasteiger partial charge in [0.05, 0.1) is 11.5 Å². The highest BCUT2D eigenvalue weighted by Gasteiger charge is 2.19. The maximum Gasteiger partial charge on any atom is 0.256 e. The van der Waals surface area contributed by atoms with Crippen LogP contribution in [0.1, 0.15) is 17.5 Å². The second-order valence-electron chi connectivity index (χ2n) is 6.69. The number of hydrogen-bond acceptors (Lipinski definition) is 6. The first-order valence-corrected chi connectivity index (χ1v) is 11.4. The van der Waals surface area contributed by atoms with Crippen LogP contribution in [0.2, 0.25) is 0 Å². The standard InChI is InChI=1S/C20H24N2O4S2/c1-14-6-7-16(12-15(14)2)25-10-5-11-27-20-21-18-13-17(8-9-19(18)26-20)28(23,24)22(3)4/h6-9,12-13H,5,10-11H2,1-4H3. The molecule has 0 bridgehead atoms. The highest BCUT2D eigenvalue weighted by atomic mass is 32.2. The van der Waals surface area contributed by atoms with Crippen LogP contribution < -0.4 is 4.74 Å². The maximum atomic E-state index is 12.2. The van der Waals surface area contributed by atoms with Crippen molar-refractivity contribution >= 4 is 32.9 Å². The van der Waals surface area contributed by atoms with Gasteiger partial charge in [0.1, 0.15) is 11.3 Å². The van der Waals surface area contributed by atoms with Crippen LogP contribution in [0, 0.1) is 13.8 Å². The van der Waals surface area contributed by atoms with Crippen molar-refractivity contribution in [2.45, 2.75) is 30.4 Å². The Morgan fingerprint density at radius 1 is 1.11 bits per heavy atom. The lowest BCUT2D eigenvalue weighted by Crippen LogP contribution is -2.22. The number of sulfonamides is 1. The molecule has 28 heavy (non-hydrogen) atoms. The van der Waals surface area contributed by atoms with Gasteiger partial charge in [-0.05, 0) is 61.7 Å². The molecule has 0 atom stereocenters. The van der Waals surface area contributed by atoms with Crippen LogP contribution in [0.5, 0.6) is 5.75 Å². The van der Waals surface area contributed by atoms with E-state index < -0.39 is 10.0 Å². The van der Waals surface area contributed by atoms with Gasteiger partial charge in [-0.1, -0.05) is 17.8 Å². The number of hydrogen-bond donors (Lipinski definition) is 0. The number of aryl methyl sites for hydroxylation is 2. The van der Waals surface area contributed by atoms with E-state index in [1.165, 1.54) is 47.4 Å². The predicted octanol–water partition coefficient (Wildman–Crippen LogP) is 4.26. The molecule has 0 saturated carbocycles. The number of aromatic nitrogens is 1. The zero-order valence-electron chi connectivity index (χ0n) is 16.4. The third-order valence-corrected chi connectivity index (χ3v) is 7.10. The van der Waals surface area contributed by atoms with Crippen molar-refractivity contribution < 1.29 is 17.6 Å². The summed E-state index contributed by atoms with van der Waals surface area (Å²) in [5.74, 6) is 1.67. The molecule has 1 aromatic heterocycles. The molecular formula is C20H24N2O4S2. The molecule has 150 valence electrons. The highest BCUT2D eigenvalue weighted by Crippen LogP contribution is 2.26. The minimum absolute atomic E-state index is 0.205. The SMILES string of the molecule is Cc1ccc(OCCCSc2nc3cc(S(=O)(=O)N(C)C)ccc3o2)cc1C. The van der Waals surface area contributed by atoms with Crippen molar-refractivity contribution in [2.24, 2.45) is 0 Å². The highest BCUT2D eigenvalue weighted by molar-refractivity contribution is 7.99. The second kappa shape index (κ2) is 8.55. The molecule has 3 rings (SSSR count). The molecule has 0 aliphatic carbocycles. The Balaban J connectivity index is 1.55. The summed E-state index contributed by atoms with van der Waals surface area (Å²) in [6.45, 7) is 4.76. The molecule has 0 spiro atoms. The first kappa shape index (κ1) is 20.7. The van der Waals surface area contributed by atoms with Crippen molar-refractivity contribution in [1.29, 1.82) is 0 Å². The number of oxazole rings is 1. The summed E-state index contributed by atoms with van der Waals surface area (Å²) < 4.78 is 37.1. The molecule has 0 N–H and O–H groups in total. The van der Waals surface area contributed by atoms with E-state index in [0.717, 1.165) is 17.9 Å². The van der Waals surface area contributed by atoms with Gasteiger partial charge < -0.3 is 9.15 Å². The fraction of sp³-hybridized carbons (Fsp3) is 0.350. The third-order valence-electron chi connectivity index (χ3n) is 4.38. The number of ether oxygens (including phenoxy) is 1. The van der Waals surface area contributed by atoms with Crippen LogP contribution in [0.25, 0.3) is 11.1 Å². The van der Waals surface area contributed by atoms with Gasteiger partial charge in [-0.25, -0.2) is 17.7 Å². The van der Waals surface area contributed by atoms with Gasteiger partial charge in [0.2, 0.25) is 10.0 Å². The minimum Gasteiger partial charge on any atom is -0.494 e. The minimum atomic E-state index is -3.49. The third kappa shape index (κ3) is 4.68. The Bertz CT molecular complexity index is 1070. The molecule has 0 unspecified atom stereocenters. The molecule has 0 aliphatic rings. The van der Waals surface area contributed by atoms with Crippen molar-refractivity contribution in [2.75, 3.05) is 26.5 Å². The molecule has 0 aliphatic heterocycles. The summed E-state index contributed by atoms with van der Waals surface area (Å²) in [5, 5.41) is 0.528. The zero-order chi connectivity index (χ0) is 20.3. The number of nitrogens with zero attached hydrogens (tertiary/aromatic N) is 2. The van der Waals surface area contributed by atoms with E-state index in [1.807, 2.05) is 12.1 Å². The van der Waals surface area contributed by atoms with Crippen molar-refractivity contribution in [3.63, 3.8) is 0 Å². The van der Waals surface area contributed by atoms with Gasteiger partial charge >= 0.3 is 0 Å². The summed E-state index contributed by atoms with van der Waals surface area (Å²) in [6, 6.07) is 10.8. The largest absolute Gasteiger partial charge is 0.494 e. The van der Waals surface area contributed by atoms with Crippen LogP contribution in [0.4, 0.5) is 0 Å². The van der Waals surface area contributed by atoms with E-state index in [4.69, 9.17) is 9.15 Å². The van der Waals surface area contributed by atoms with E-state index in [0.29, 0.717) is 22.9 Å². The average Bonchev–Trinajstić information content (AvgIpc) is 3.06. The molecule has 1 heterocycles. The first-order valence-electron chi connectivity index (χ1n) is 8.93. The van der Waals surface area contributed by atoms with E-state index in [1.54, 1.807) is 12.1 Å². The van der Waals surface area contributed by atoms with E-state index in [9.17, 15) is 8.42 Å². The van der Waals surface area contributed by atoms with Crippen LogP contribution in [-0.4, -0.2) is 44.2 Å². The normalized spacial score (nSPS) is 12.0. The monoisotopic (exact) mass is 420 g/mol. The maximum absolute atomic E-state index is 12.2. The number of rotatable bonds is 8. The Kier molecular flexibility index (Phi) is 6.32. The lowest BCUT2D eigenvalue weighted by molar-refractivity contribution is 0.318. The van der Waals surface area contributed by atoms with Gasteiger partial charge in [-0.2, -0.15) is 0 Å². The van der Waals surface area contributed by atoms with Crippen molar-refractivity contribution in [3.05, 3.63) is 47.5 Å². The lowest BCUT2D eigenvalue weighted by Gasteiger charge is -2.10. The van der Waals surface area contributed by atoms with E-state index >= 15 is 0 Å². The Morgan fingerprint density at radius 2 is 1.89 bits per heavy atom. The predicted molar refractivity (Wildman–Crippen MR) is 112 cm³/mol. The molecule has 0 saturated heterocycles. The quantitative estimate of drug-likeness (QED) is 0.401. The van der Waals surface area contributed by atoms with E-state index in [-0.39, 0.29) is 4.90 Å². The lowest BCUT2D eigenvalue weighted by atomic mass is 10.1. The average molecular weight is 421 g/mol. The van der Waals surface area contributed by atoms with Gasteiger partial charge in [0, 0.05) is 19.8 Å². The van der Waals surface area contributed by atoms with Crippen molar-refractivity contribution in [1.82, 2.24) is 9.29 Å². The first-order chi connectivity index (χ1) is 13.3. The fourth-order valence-corrected chi connectivity index (χ4v) is 4.20. The number of benzene rings is 2. The molecule has 3 aromatic rings. The summed E-state index contributed by atoms with van der Waals surface area (Å²) >= 11 is 1.49. The van der Waals surface area contributed by atoms with Crippen LogP contribution in [-0.2, 0) is 10.0 Å². The summed E-state index contributed by atoms with van der Waals surface area (Å²) in [5.41, 5.74) is 3.58. The fourth-order valence-electron chi connectivity index (χ4n) is 2.53. The van der Waals surface area contributed by atoms with Crippen LogP contribution >= 0.6 is 11.8 Å². The molecule has 6 nitrogen and oxygen atoms in total. The smallest absolute Gasteiger partial charge is 0.256 e. The van der Waals surface area contributed by atoms with E-state index in [2.05, 4.69) is 24.9 Å². The molecule has 0 radical (unpaired) electrons. The Labute approximate surface area is 169 Å². The van der Waals surface area contributed by atoms with Gasteiger partial charge in [0.25, 0.3) is 5.22 Å². The number of thioether (sulfide) groups is 1. The summed E-state index contributed by atoms with van der Waals surface area (Å²) in [4.78, 5) is 4.60. The Hall–Kier alpha value is -2.03. The number of fused-ring (bicyclic) bond motifs is 1. The molecule has 8 heteroatoms. The summed E-state index contributed by atoms with van der Waals surface area (Å²) in [7, 11) is -0.480. The Morgan fingerprint density at radius 3 is 2.61 bits per heavy atom. The van der Waals surface area contributed by atoms with Crippen LogP contribution in [0.3, 0.4) is 0 Å². The molecule has 0 amide bonds. The van der Waals surface area contributed by atoms with Crippen LogP contribution in [0.15, 0.2) is 50.9 Å². The van der Waals surface area contributed by atoms with Gasteiger partial charge in [-0.3, -0.25) is 0 Å². The topological polar surface area (TPSA) is 72.6 Å². The second-order valence-corrected chi connectivity index (χ2v) is 9.89. The molecule has 2 aromatic carbocycles. The van der Waals surface area contributed by atoms with Crippen molar-refractivity contribution in [3.8, 4) is 5.75 Å².